The molecule has 1 unspecified atom stereocenters. The van der Waals surface area contributed by atoms with Gasteiger partial charge in [0.1, 0.15) is 5.82 Å². The summed E-state index contributed by atoms with van der Waals surface area (Å²) in [4.78, 5) is 0. The van der Waals surface area contributed by atoms with Gasteiger partial charge < -0.3 is 11.1 Å². The molecule has 15 heavy (non-hydrogen) atoms. The molecule has 0 saturated heterocycles. The Balaban J connectivity index is 2.24. The summed E-state index contributed by atoms with van der Waals surface area (Å²) in [6.45, 7) is 2.00. The predicted molar refractivity (Wildman–Crippen MR) is 59.8 cm³/mol. The lowest BCUT2D eigenvalue weighted by Gasteiger charge is -2.29. The molecule has 1 saturated carbocycles. The third-order valence-corrected chi connectivity index (χ3v) is 2.93. The van der Waals surface area contributed by atoms with E-state index in [1.165, 1.54) is 19.3 Å². The minimum Gasteiger partial charge on any atom is -0.357 e. The van der Waals surface area contributed by atoms with Crippen molar-refractivity contribution < 1.29 is 0 Å². The van der Waals surface area contributed by atoms with Crippen molar-refractivity contribution >= 4 is 5.95 Å². The molecular formula is C10H19N5. The Morgan fingerprint density at radius 2 is 2.27 bits per heavy atom. The predicted octanol–water partition coefficient (Wildman–Crippen LogP) is 0.934. The average Bonchev–Trinajstić information content (AvgIpc) is 2.45. The van der Waals surface area contributed by atoms with Crippen LogP contribution in [0.15, 0.2) is 0 Å². The number of rotatable bonds is 4. The van der Waals surface area contributed by atoms with E-state index in [-0.39, 0.29) is 6.04 Å². The maximum absolute atomic E-state index is 5.80. The van der Waals surface area contributed by atoms with E-state index in [1.54, 1.807) is 0 Å². The van der Waals surface area contributed by atoms with Gasteiger partial charge in [0.05, 0.1) is 0 Å². The van der Waals surface area contributed by atoms with Crippen molar-refractivity contribution in [1.82, 2.24) is 14.8 Å². The first kappa shape index (κ1) is 10.4. The van der Waals surface area contributed by atoms with Gasteiger partial charge in [-0.15, -0.1) is 10.2 Å². The van der Waals surface area contributed by atoms with E-state index in [0.717, 1.165) is 18.2 Å². The molecule has 0 spiro atoms. The zero-order valence-electron chi connectivity index (χ0n) is 9.40. The summed E-state index contributed by atoms with van der Waals surface area (Å²) < 4.78 is 2.22. The van der Waals surface area contributed by atoms with Crippen molar-refractivity contribution in [3.8, 4) is 0 Å². The van der Waals surface area contributed by atoms with Gasteiger partial charge in [-0.3, -0.25) is 4.57 Å². The van der Waals surface area contributed by atoms with Crippen molar-refractivity contribution in [2.24, 2.45) is 5.73 Å². The van der Waals surface area contributed by atoms with Gasteiger partial charge >= 0.3 is 0 Å². The molecule has 5 heteroatoms. The van der Waals surface area contributed by atoms with Crippen molar-refractivity contribution in [1.29, 1.82) is 0 Å². The number of hydrogen-bond acceptors (Lipinski definition) is 4. The van der Waals surface area contributed by atoms with Gasteiger partial charge in [-0.25, -0.2) is 0 Å². The Labute approximate surface area is 90.1 Å². The number of aromatic nitrogens is 3. The molecule has 0 aromatic carbocycles. The largest absolute Gasteiger partial charge is 0.357 e. The third kappa shape index (κ3) is 1.97. The highest BCUT2D eigenvalue weighted by Gasteiger charge is 2.25. The molecule has 1 aromatic rings. The first-order valence-electron chi connectivity index (χ1n) is 5.59. The molecule has 0 radical (unpaired) electrons. The molecule has 1 heterocycles. The fourth-order valence-corrected chi connectivity index (χ4v) is 1.95. The van der Waals surface area contributed by atoms with Crippen LogP contribution in [0.2, 0.25) is 0 Å². The lowest BCUT2D eigenvalue weighted by molar-refractivity contribution is 0.307. The topological polar surface area (TPSA) is 68.8 Å². The maximum atomic E-state index is 5.80. The van der Waals surface area contributed by atoms with Crippen molar-refractivity contribution in [2.45, 2.75) is 44.7 Å². The fraction of sp³-hybridized carbons (Fsp3) is 0.800. The van der Waals surface area contributed by atoms with E-state index < -0.39 is 0 Å². The molecule has 84 valence electrons. The van der Waals surface area contributed by atoms with Crippen molar-refractivity contribution in [3.63, 3.8) is 0 Å². The second kappa shape index (κ2) is 4.18. The summed E-state index contributed by atoms with van der Waals surface area (Å²) in [5, 5.41) is 11.4. The summed E-state index contributed by atoms with van der Waals surface area (Å²) >= 11 is 0. The molecule has 2 rings (SSSR count). The van der Waals surface area contributed by atoms with E-state index in [2.05, 4.69) is 20.1 Å². The van der Waals surface area contributed by atoms with Gasteiger partial charge in [0, 0.05) is 25.6 Å². The van der Waals surface area contributed by atoms with Crippen LogP contribution in [0.1, 0.15) is 38.1 Å². The number of nitrogens with zero attached hydrogens (tertiary/aromatic N) is 3. The Bertz CT molecular complexity index is 327. The normalized spacial score (nSPS) is 18.6. The van der Waals surface area contributed by atoms with Gasteiger partial charge in [0.25, 0.3) is 0 Å². The zero-order chi connectivity index (χ0) is 10.8. The Kier molecular flexibility index (Phi) is 2.90. The molecular weight excluding hydrogens is 190 g/mol. The second-order valence-electron chi connectivity index (χ2n) is 4.33. The second-order valence-corrected chi connectivity index (χ2v) is 4.33. The summed E-state index contributed by atoms with van der Waals surface area (Å²) in [7, 11) is 1.88. The van der Waals surface area contributed by atoms with Gasteiger partial charge in [-0.05, 0) is 26.2 Å². The molecule has 1 fully saturated rings. The highest BCUT2D eigenvalue weighted by molar-refractivity contribution is 5.26. The average molecular weight is 209 g/mol. The Morgan fingerprint density at radius 3 is 2.73 bits per heavy atom. The number of hydrogen-bond donors (Lipinski definition) is 2. The highest BCUT2D eigenvalue weighted by atomic mass is 15.4. The summed E-state index contributed by atoms with van der Waals surface area (Å²) in [5.41, 5.74) is 5.80. The Morgan fingerprint density at radius 1 is 1.53 bits per heavy atom. The lowest BCUT2D eigenvalue weighted by atomic mass is 9.92. The quantitative estimate of drug-likeness (QED) is 0.774. The molecule has 1 atom stereocenters. The van der Waals surface area contributed by atoms with Crippen LogP contribution in [-0.4, -0.2) is 27.9 Å². The van der Waals surface area contributed by atoms with Crippen LogP contribution in [0.3, 0.4) is 0 Å². The molecule has 0 amide bonds. The monoisotopic (exact) mass is 209 g/mol. The first-order chi connectivity index (χ1) is 7.22. The van der Waals surface area contributed by atoms with E-state index >= 15 is 0 Å². The van der Waals surface area contributed by atoms with Crippen LogP contribution in [-0.2, 0) is 6.42 Å². The van der Waals surface area contributed by atoms with Crippen LogP contribution in [0.4, 0.5) is 5.95 Å². The SMILES string of the molecule is CNc1nnc(CC(C)N)n1C1CCC1. The van der Waals surface area contributed by atoms with E-state index in [1.807, 2.05) is 14.0 Å². The first-order valence-corrected chi connectivity index (χ1v) is 5.59. The van der Waals surface area contributed by atoms with Crippen molar-refractivity contribution in [2.75, 3.05) is 12.4 Å². The van der Waals surface area contributed by atoms with Crippen LogP contribution in [0.5, 0.6) is 0 Å². The van der Waals surface area contributed by atoms with Crippen LogP contribution in [0.25, 0.3) is 0 Å². The number of nitrogens with two attached hydrogens (primary N) is 1. The standard InChI is InChI=1S/C10H19N5/c1-7(11)6-9-13-14-10(12-2)15(9)8-4-3-5-8/h7-8H,3-6,11H2,1-2H3,(H,12,14). The molecule has 0 bridgehead atoms. The van der Waals surface area contributed by atoms with Gasteiger partial charge in [0.2, 0.25) is 5.95 Å². The van der Waals surface area contributed by atoms with Crippen LogP contribution < -0.4 is 11.1 Å². The highest BCUT2D eigenvalue weighted by Crippen LogP contribution is 2.34. The molecule has 5 nitrogen and oxygen atoms in total. The van der Waals surface area contributed by atoms with Gasteiger partial charge in [0.15, 0.2) is 0 Å². The van der Waals surface area contributed by atoms with Gasteiger partial charge in [-0.1, -0.05) is 0 Å². The fourth-order valence-electron chi connectivity index (χ4n) is 1.95. The van der Waals surface area contributed by atoms with Gasteiger partial charge in [-0.2, -0.15) is 0 Å². The van der Waals surface area contributed by atoms with E-state index in [4.69, 9.17) is 5.73 Å². The maximum Gasteiger partial charge on any atom is 0.224 e. The minimum absolute atomic E-state index is 0.137. The number of anilines is 1. The molecule has 1 aromatic heterocycles. The molecule has 0 aliphatic heterocycles. The molecule has 1 aliphatic rings. The lowest BCUT2D eigenvalue weighted by Crippen LogP contribution is -2.25. The van der Waals surface area contributed by atoms with E-state index in [0.29, 0.717) is 6.04 Å². The summed E-state index contributed by atoms with van der Waals surface area (Å²) in [6, 6.07) is 0.717. The molecule has 1 aliphatic carbocycles. The van der Waals surface area contributed by atoms with E-state index in [9.17, 15) is 0 Å². The Hall–Kier alpha value is -1.10. The smallest absolute Gasteiger partial charge is 0.224 e. The minimum atomic E-state index is 0.137. The van der Waals surface area contributed by atoms with Crippen LogP contribution >= 0.6 is 0 Å². The van der Waals surface area contributed by atoms with Crippen molar-refractivity contribution in [3.05, 3.63) is 5.82 Å². The zero-order valence-corrected chi connectivity index (χ0v) is 9.40. The number of nitrogens with one attached hydrogen (secondary N) is 1. The molecule has 3 N–H and O–H groups in total. The summed E-state index contributed by atoms with van der Waals surface area (Å²) in [6.07, 6.45) is 4.58. The third-order valence-electron chi connectivity index (χ3n) is 2.93. The summed E-state index contributed by atoms with van der Waals surface area (Å²) in [5.74, 6) is 1.88. The van der Waals surface area contributed by atoms with Crippen LogP contribution in [0, 0.1) is 0 Å².